The van der Waals surface area contributed by atoms with E-state index in [9.17, 15) is 4.79 Å². The molecule has 22 heavy (non-hydrogen) atoms. The SMILES string of the molecule is CC(C)Oc1ccc(C(=O)CSc2nncn2C(C)C)cc1. The second-order valence-electron chi connectivity index (χ2n) is 5.52. The van der Waals surface area contributed by atoms with Gasteiger partial charge < -0.3 is 9.30 Å². The number of thioether (sulfide) groups is 1. The molecule has 0 fully saturated rings. The molecule has 2 rings (SSSR count). The van der Waals surface area contributed by atoms with Crippen molar-refractivity contribution in [2.45, 2.75) is 45.0 Å². The van der Waals surface area contributed by atoms with Crippen LogP contribution in [0.5, 0.6) is 5.75 Å². The molecule has 0 N–H and O–H groups in total. The first kappa shape index (κ1) is 16.5. The molecule has 0 aliphatic rings. The minimum atomic E-state index is 0.0689. The van der Waals surface area contributed by atoms with Gasteiger partial charge in [-0.2, -0.15) is 0 Å². The lowest BCUT2D eigenvalue weighted by atomic mass is 10.1. The molecule has 0 aliphatic heterocycles. The Morgan fingerprint density at radius 3 is 2.50 bits per heavy atom. The van der Waals surface area contributed by atoms with E-state index < -0.39 is 0 Å². The number of rotatable bonds is 7. The molecule has 0 radical (unpaired) electrons. The van der Waals surface area contributed by atoms with E-state index in [1.54, 1.807) is 18.5 Å². The Hall–Kier alpha value is -1.82. The molecule has 6 heteroatoms. The Bertz CT molecular complexity index is 621. The first-order valence-corrected chi connectivity index (χ1v) is 8.28. The summed E-state index contributed by atoms with van der Waals surface area (Å²) in [6.45, 7) is 8.06. The van der Waals surface area contributed by atoms with Crippen LogP contribution in [0, 0.1) is 0 Å². The van der Waals surface area contributed by atoms with Crippen LogP contribution in [-0.2, 0) is 0 Å². The van der Waals surface area contributed by atoms with Gasteiger partial charge in [-0.3, -0.25) is 4.79 Å². The number of carbonyl (C=O) groups is 1. The van der Waals surface area contributed by atoms with Gasteiger partial charge in [0.15, 0.2) is 10.9 Å². The maximum Gasteiger partial charge on any atom is 0.191 e. The molecule has 0 amide bonds. The number of hydrogen-bond acceptors (Lipinski definition) is 5. The summed E-state index contributed by atoms with van der Waals surface area (Å²) in [5, 5.41) is 8.72. The fourth-order valence-corrected chi connectivity index (χ4v) is 2.83. The van der Waals surface area contributed by atoms with E-state index in [-0.39, 0.29) is 17.9 Å². The minimum Gasteiger partial charge on any atom is -0.491 e. The van der Waals surface area contributed by atoms with Gasteiger partial charge in [0, 0.05) is 11.6 Å². The summed E-state index contributed by atoms with van der Waals surface area (Å²) in [5.41, 5.74) is 0.680. The van der Waals surface area contributed by atoms with Gasteiger partial charge in [-0.15, -0.1) is 10.2 Å². The summed E-state index contributed by atoms with van der Waals surface area (Å²) in [7, 11) is 0. The molecule has 2 aromatic rings. The van der Waals surface area contributed by atoms with Crippen molar-refractivity contribution in [1.29, 1.82) is 0 Å². The van der Waals surface area contributed by atoms with E-state index in [2.05, 4.69) is 24.0 Å². The van der Waals surface area contributed by atoms with Gasteiger partial charge in [0.2, 0.25) is 0 Å². The highest BCUT2D eigenvalue weighted by atomic mass is 32.2. The molecule has 1 heterocycles. The zero-order valence-electron chi connectivity index (χ0n) is 13.3. The van der Waals surface area contributed by atoms with Crippen molar-refractivity contribution in [1.82, 2.24) is 14.8 Å². The fourth-order valence-electron chi connectivity index (χ4n) is 1.89. The molecule has 118 valence electrons. The summed E-state index contributed by atoms with van der Waals surface area (Å²) in [4.78, 5) is 12.2. The van der Waals surface area contributed by atoms with Gasteiger partial charge in [-0.25, -0.2) is 0 Å². The Morgan fingerprint density at radius 1 is 1.23 bits per heavy atom. The maximum absolute atomic E-state index is 12.2. The first-order chi connectivity index (χ1) is 10.5. The molecule has 0 saturated carbocycles. The van der Waals surface area contributed by atoms with Gasteiger partial charge in [-0.05, 0) is 52.0 Å². The van der Waals surface area contributed by atoms with E-state index in [0.29, 0.717) is 11.3 Å². The zero-order chi connectivity index (χ0) is 16.1. The van der Waals surface area contributed by atoms with Crippen LogP contribution in [0.25, 0.3) is 0 Å². The molecule has 0 unspecified atom stereocenters. The largest absolute Gasteiger partial charge is 0.491 e. The van der Waals surface area contributed by atoms with Crippen LogP contribution in [0.15, 0.2) is 35.7 Å². The van der Waals surface area contributed by atoms with Crippen molar-refractivity contribution in [2.75, 3.05) is 5.75 Å². The van der Waals surface area contributed by atoms with Gasteiger partial charge in [0.25, 0.3) is 0 Å². The zero-order valence-corrected chi connectivity index (χ0v) is 14.1. The quantitative estimate of drug-likeness (QED) is 0.576. The summed E-state index contributed by atoms with van der Waals surface area (Å²) in [5.74, 6) is 1.19. The molecule has 0 saturated heterocycles. The average Bonchev–Trinajstić information content (AvgIpc) is 2.93. The maximum atomic E-state index is 12.2. The second kappa shape index (κ2) is 7.45. The van der Waals surface area contributed by atoms with E-state index in [0.717, 1.165) is 10.9 Å². The van der Waals surface area contributed by atoms with Crippen LogP contribution in [0.3, 0.4) is 0 Å². The number of hydrogen-bond donors (Lipinski definition) is 0. The molecule has 5 nitrogen and oxygen atoms in total. The molecule has 0 spiro atoms. The molecule has 1 aromatic carbocycles. The summed E-state index contributed by atoms with van der Waals surface area (Å²) >= 11 is 1.41. The van der Waals surface area contributed by atoms with Crippen LogP contribution < -0.4 is 4.74 Å². The van der Waals surface area contributed by atoms with Gasteiger partial charge >= 0.3 is 0 Å². The normalized spacial score (nSPS) is 11.2. The number of benzene rings is 1. The van der Waals surface area contributed by atoms with Gasteiger partial charge in [0.05, 0.1) is 11.9 Å². The van der Waals surface area contributed by atoms with Crippen molar-refractivity contribution in [2.24, 2.45) is 0 Å². The number of nitrogens with zero attached hydrogens (tertiary/aromatic N) is 3. The topological polar surface area (TPSA) is 57.0 Å². The lowest BCUT2D eigenvalue weighted by Crippen LogP contribution is -2.07. The third kappa shape index (κ3) is 4.34. The highest BCUT2D eigenvalue weighted by Crippen LogP contribution is 2.21. The van der Waals surface area contributed by atoms with E-state index in [1.807, 2.05) is 30.5 Å². The highest BCUT2D eigenvalue weighted by Gasteiger charge is 2.12. The van der Waals surface area contributed by atoms with Gasteiger partial charge in [-0.1, -0.05) is 11.8 Å². The van der Waals surface area contributed by atoms with Crippen molar-refractivity contribution < 1.29 is 9.53 Å². The number of ether oxygens (including phenoxy) is 1. The van der Waals surface area contributed by atoms with Crippen molar-refractivity contribution >= 4 is 17.5 Å². The van der Waals surface area contributed by atoms with Crippen molar-refractivity contribution in [3.63, 3.8) is 0 Å². The van der Waals surface area contributed by atoms with Crippen LogP contribution in [-0.4, -0.2) is 32.4 Å². The Morgan fingerprint density at radius 2 is 1.91 bits per heavy atom. The molecule has 1 aromatic heterocycles. The van der Waals surface area contributed by atoms with E-state index in [1.165, 1.54) is 11.8 Å². The lowest BCUT2D eigenvalue weighted by molar-refractivity contribution is 0.102. The van der Waals surface area contributed by atoms with Crippen molar-refractivity contribution in [3.05, 3.63) is 36.2 Å². The van der Waals surface area contributed by atoms with Crippen LogP contribution >= 0.6 is 11.8 Å². The predicted molar refractivity (Wildman–Crippen MR) is 87.7 cm³/mol. The van der Waals surface area contributed by atoms with E-state index >= 15 is 0 Å². The molecule has 0 atom stereocenters. The fraction of sp³-hybridized carbons (Fsp3) is 0.438. The number of Topliss-reactive ketones (excluding diaryl/α,β-unsaturated/α-hetero) is 1. The van der Waals surface area contributed by atoms with Crippen LogP contribution in [0.1, 0.15) is 44.1 Å². The van der Waals surface area contributed by atoms with E-state index in [4.69, 9.17) is 4.74 Å². The first-order valence-electron chi connectivity index (χ1n) is 7.29. The lowest BCUT2D eigenvalue weighted by Gasteiger charge is -2.10. The minimum absolute atomic E-state index is 0.0689. The van der Waals surface area contributed by atoms with Gasteiger partial charge in [0.1, 0.15) is 12.1 Å². The smallest absolute Gasteiger partial charge is 0.191 e. The van der Waals surface area contributed by atoms with Crippen LogP contribution in [0.2, 0.25) is 0 Å². The highest BCUT2D eigenvalue weighted by molar-refractivity contribution is 7.99. The Labute approximate surface area is 135 Å². The second-order valence-corrected chi connectivity index (χ2v) is 6.46. The summed E-state index contributed by atoms with van der Waals surface area (Å²) in [6.07, 6.45) is 1.81. The standard InChI is InChI=1S/C16H21N3O2S/c1-11(2)19-10-17-18-16(19)22-9-15(20)13-5-7-14(8-6-13)21-12(3)4/h5-8,10-12H,9H2,1-4H3. The summed E-state index contributed by atoms with van der Waals surface area (Å²) < 4.78 is 7.53. The van der Waals surface area contributed by atoms with Crippen LogP contribution in [0.4, 0.5) is 0 Å². The van der Waals surface area contributed by atoms with Crippen molar-refractivity contribution in [3.8, 4) is 5.75 Å². The third-order valence-electron chi connectivity index (χ3n) is 2.98. The monoisotopic (exact) mass is 319 g/mol. The Balaban J connectivity index is 1.96. The summed E-state index contributed by atoms with van der Waals surface area (Å²) in [6, 6.07) is 7.53. The Kier molecular flexibility index (Phi) is 5.60. The average molecular weight is 319 g/mol. The molecule has 0 aliphatic carbocycles. The third-order valence-corrected chi connectivity index (χ3v) is 3.93. The molecular weight excluding hydrogens is 298 g/mol. The predicted octanol–water partition coefficient (Wildman–Crippen LogP) is 3.62. The number of carbonyl (C=O) groups excluding carboxylic acids is 1. The number of ketones is 1. The molecule has 0 bridgehead atoms. The molecular formula is C16H21N3O2S. The number of aromatic nitrogens is 3.